The highest BCUT2D eigenvalue weighted by atomic mass is 16.3. The van der Waals surface area contributed by atoms with E-state index in [4.69, 9.17) is 8.83 Å². The van der Waals surface area contributed by atoms with Crippen LogP contribution in [-0.2, 0) is 5.41 Å². The van der Waals surface area contributed by atoms with Crippen molar-refractivity contribution < 1.29 is 8.83 Å². The maximum absolute atomic E-state index is 6.33. The van der Waals surface area contributed by atoms with Crippen molar-refractivity contribution in [2.24, 2.45) is 0 Å². The monoisotopic (exact) mass is 785 g/mol. The van der Waals surface area contributed by atoms with Gasteiger partial charge in [0.25, 0.3) is 0 Å². The van der Waals surface area contributed by atoms with E-state index in [1.54, 1.807) is 0 Å². The summed E-state index contributed by atoms with van der Waals surface area (Å²) in [5.74, 6) is 1.49. The minimum absolute atomic E-state index is 0.0473. The number of para-hydroxylation sites is 1. The highest BCUT2D eigenvalue weighted by molar-refractivity contribution is 6.06. The average molecular weight is 786 g/mol. The molecule has 3 nitrogen and oxygen atoms in total. The zero-order chi connectivity index (χ0) is 40.8. The molecule has 1 unspecified atom stereocenters. The predicted octanol–water partition coefficient (Wildman–Crippen LogP) is 16.6. The number of rotatable bonds is 6. The van der Waals surface area contributed by atoms with Gasteiger partial charge in [-0.05, 0) is 135 Å². The van der Waals surface area contributed by atoms with Crippen LogP contribution in [0.15, 0.2) is 191 Å². The van der Waals surface area contributed by atoms with E-state index in [0.29, 0.717) is 5.92 Å². The van der Waals surface area contributed by atoms with E-state index in [1.165, 1.54) is 55.5 Å². The van der Waals surface area contributed by atoms with Crippen LogP contribution in [0, 0.1) is 0 Å². The number of allylic oxidation sites excluding steroid dienone is 1. The summed E-state index contributed by atoms with van der Waals surface area (Å²) in [7, 11) is 0. The summed E-state index contributed by atoms with van der Waals surface area (Å²) in [6.07, 6.45) is 5.51. The van der Waals surface area contributed by atoms with Gasteiger partial charge in [0.2, 0.25) is 0 Å². The second kappa shape index (κ2) is 13.6. The van der Waals surface area contributed by atoms with Gasteiger partial charge in [0.15, 0.2) is 0 Å². The van der Waals surface area contributed by atoms with Crippen molar-refractivity contribution in [2.75, 3.05) is 4.90 Å². The molecule has 61 heavy (non-hydrogen) atoms. The van der Waals surface area contributed by atoms with Gasteiger partial charge in [-0.25, -0.2) is 0 Å². The Bertz CT molecular complexity index is 3360. The Morgan fingerprint density at radius 2 is 0.967 bits per heavy atom. The van der Waals surface area contributed by atoms with Gasteiger partial charge in [0.1, 0.15) is 22.5 Å². The van der Waals surface area contributed by atoms with Crippen molar-refractivity contribution in [2.45, 2.75) is 38.5 Å². The van der Waals surface area contributed by atoms with Crippen molar-refractivity contribution in [3.8, 4) is 44.5 Å². The molecule has 0 aliphatic heterocycles. The Kier molecular flexibility index (Phi) is 7.92. The molecule has 10 aromatic rings. The minimum atomic E-state index is -0.0473. The van der Waals surface area contributed by atoms with Gasteiger partial charge in [-0.2, -0.15) is 0 Å². The molecule has 1 atom stereocenters. The first-order valence-corrected chi connectivity index (χ1v) is 21.4. The molecule has 0 spiro atoms. The Morgan fingerprint density at radius 3 is 1.64 bits per heavy atom. The highest BCUT2D eigenvalue weighted by Crippen LogP contribution is 2.50. The van der Waals surface area contributed by atoms with Crippen molar-refractivity contribution >= 4 is 56.0 Å². The van der Waals surface area contributed by atoms with Crippen LogP contribution in [0.3, 0.4) is 0 Å². The molecule has 2 heterocycles. The molecule has 12 rings (SSSR count). The summed E-state index contributed by atoms with van der Waals surface area (Å²) in [4.78, 5) is 2.36. The molecule has 0 saturated heterocycles. The smallest absolute Gasteiger partial charge is 0.135 e. The van der Waals surface area contributed by atoms with Crippen molar-refractivity contribution in [3.05, 3.63) is 204 Å². The topological polar surface area (TPSA) is 29.5 Å². The lowest BCUT2D eigenvalue weighted by atomic mass is 9.81. The van der Waals surface area contributed by atoms with Gasteiger partial charge in [0.05, 0.1) is 0 Å². The predicted molar refractivity (Wildman–Crippen MR) is 254 cm³/mol. The lowest BCUT2D eigenvalue weighted by Gasteiger charge is -2.26. The van der Waals surface area contributed by atoms with Gasteiger partial charge in [-0.1, -0.05) is 136 Å². The third-order valence-corrected chi connectivity index (χ3v) is 13.3. The van der Waals surface area contributed by atoms with Crippen LogP contribution in [0.2, 0.25) is 0 Å². The van der Waals surface area contributed by atoms with E-state index < -0.39 is 0 Å². The fourth-order valence-electron chi connectivity index (χ4n) is 10.00. The second-order valence-corrected chi connectivity index (χ2v) is 17.3. The number of hydrogen-bond acceptors (Lipinski definition) is 3. The molecule has 0 N–H and O–H groups in total. The number of fused-ring (bicyclic) bond motifs is 9. The summed E-state index contributed by atoms with van der Waals surface area (Å²) < 4.78 is 12.5. The second-order valence-electron chi connectivity index (χ2n) is 17.3. The van der Waals surface area contributed by atoms with Crippen LogP contribution in [-0.4, -0.2) is 0 Å². The van der Waals surface area contributed by atoms with Gasteiger partial charge in [-0.3, -0.25) is 0 Å². The lowest BCUT2D eigenvalue weighted by Crippen LogP contribution is -2.14. The normalized spacial score (nSPS) is 15.0. The Labute approximate surface area is 355 Å². The SMILES string of the molecule is CC1CC=Cc2c1oc1ccc(-c3ccc(N(c4ccc(-c5ccc6c(c5)C(C)(C)c5ccccc5-6)cc4)c4ccc(-c5ccc6oc7ccccc7c6c5)cc4)cc3)cc21. The summed E-state index contributed by atoms with van der Waals surface area (Å²) >= 11 is 0. The molecular formula is C58H43NO2. The maximum Gasteiger partial charge on any atom is 0.135 e. The molecule has 0 bridgehead atoms. The van der Waals surface area contributed by atoms with E-state index in [0.717, 1.165) is 67.9 Å². The zero-order valence-corrected chi connectivity index (χ0v) is 34.4. The Balaban J connectivity index is 0.910. The van der Waals surface area contributed by atoms with Crippen molar-refractivity contribution in [1.29, 1.82) is 0 Å². The van der Waals surface area contributed by atoms with Crippen LogP contribution >= 0.6 is 0 Å². The highest BCUT2D eigenvalue weighted by Gasteiger charge is 2.35. The summed E-state index contributed by atoms with van der Waals surface area (Å²) in [6.45, 7) is 6.93. The van der Waals surface area contributed by atoms with Crippen LogP contribution in [0.5, 0.6) is 0 Å². The number of anilines is 3. The van der Waals surface area contributed by atoms with Gasteiger partial charge >= 0.3 is 0 Å². The number of nitrogens with zero attached hydrogens (tertiary/aromatic N) is 1. The van der Waals surface area contributed by atoms with E-state index >= 15 is 0 Å². The molecule has 2 aromatic heterocycles. The maximum atomic E-state index is 6.33. The van der Waals surface area contributed by atoms with Crippen molar-refractivity contribution in [3.63, 3.8) is 0 Å². The van der Waals surface area contributed by atoms with Gasteiger partial charge in [-0.15, -0.1) is 0 Å². The molecule has 0 amide bonds. The quantitative estimate of drug-likeness (QED) is 0.168. The summed E-state index contributed by atoms with van der Waals surface area (Å²) in [5, 5.41) is 3.45. The molecule has 0 saturated carbocycles. The minimum Gasteiger partial charge on any atom is -0.460 e. The van der Waals surface area contributed by atoms with E-state index in [1.807, 2.05) is 12.1 Å². The fraction of sp³-hybridized carbons (Fsp3) is 0.103. The van der Waals surface area contributed by atoms with Crippen molar-refractivity contribution in [1.82, 2.24) is 0 Å². The van der Waals surface area contributed by atoms with E-state index in [2.05, 4.69) is 202 Å². The molecule has 3 heteroatoms. The van der Waals surface area contributed by atoms with Crippen LogP contribution in [0.1, 0.15) is 55.6 Å². The third-order valence-electron chi connectivity index (χ3n) is 13.3. The average Bonchev–Trinajstić information content (AvgIpc) is 3.95. The molecular weight excluding hydrogens is 743 g/mol. The van der Waals surface area contributed by atoms with Crippen LogP contribution in [0.25, 0.3) is 83.5 Å². The van der Waals surface area contributed by atoms with Gasteiger partial charge in [0, 0.05) is 50.1 Å². The molecule has 2 aliphatic carbocycles. The standard InChI is InChI=1S/C58H43NO2/c1-36-9-8-12-49-51-34-41(23-32-56(51)61-57(36)49)38-17-26-44(27-18-38)59(43-24-15-37(16-25-43)40-22-31-55-50(33-40)48-11-5-7-14-54(48)60-55)45-28-19-39(20-29-45)42-21-30-47-46-10-4-6-13-52(46)58(2,3)53(47)35-42/h4-8,10-36H,9H2,1-3H3. The first-order valence-electron chi connectivity index (χ1n) is 21.4. The summed E-state index contributed by atoms with van der Waals surface area (Å²) in [6, 6.07) is 64.1. The first-order chi connectivity index (χ1) is 29.9. The Hall–Kier alpha value is -7.36. The first kappa shape index (κ1) is 35.6. The number of hydrogen-bond donors (Lipinski definition) is 0. The fourth-order valence-corrected chi connectivity index (χ4v) is 10.00. The molecule has 0 fully saturated rings. The van der Waals surface area contributed by atoms with Crippen LogP contribution in [0.4, 0.5) is 17.1 Å². The van der Waals surface area contributed by atoms with E-state index in [9.17, 15) is 0 Å². The van der Waals surface area contributed by atoms with E-state index in [-0.39, 0.29) is 5.41 Å². The number of furan rings is 2. The lowest BCUT2D eigenvalue weighted by molar-refractivity contribution is 0.504. The molecule has 2 aliphatic rings. The Morgan fingerprint density at radius 1 is 0.459 bits per heavy atom. The molecule has 8 aromatic carbocycles. The molecule has 292 valence electrons. The number of benzene rings is 8. The third kappa shape index (κ3) is 5.72. The summed E-state index contributed by atoms with van der Waals surface area (Å²) in [5.41, 5.74) is 19.8. The van der Waals surface area contributed by atoms with Crippen LogP contribution < -0.4 is 4.90 Å². The largest absolute Gasteiger partial charge is 0.460 e. The molecule has 0 radical (unpaired) electrons. The zero-order valence-electron chi connectivity index (χ0n) is 34.4. The van der Waals surface area contributed by atoms with Gasteiger partial charge < -0.3 is 13.7 Å².